The first kappa shape index (κ1) is 18.0. The van der Waals surface area contributed by atoms with Gasteiger partial charge in [0.05, 0.1) is 6.61 Å². The molecule has 0 saturated heterocycles. The maximum atomic E-state index is 11.8. The highest BCUT2D eigenvalue weighted by atomic mass is 79.9. The normalized spacial score (nSPS) is 10.1. The molecule has 0 atom stereocenters. The van der Waals surface area contributed by atoms with E-state index in [4.69, 9.17) is 4.74 Å². The molecule has 2 N–H and O–H groups in total. The Morgan fingerprint density at radius 1 is 1.00 bits per heavy atom. The van der Waals surface area contributed by atoms with Crippen LogP contribution in [0.15, 0.2) is 53.0 Å². The number of hydrogen-bond donors (Lipinski definition) is 2. The molecular weight excluding hydrogens is 372 g/mol. The molecule has 2 aromatic carbocycles. The molecule has 2 aromatic rings. The summed E-state index contributed by atoms with van der Waals surface area (Å²) in [6, 6.07) is 14.6. The lowest BCUT2D eigenvalue weighted by atomic mass is 10.1. The van der Waals surface area contributed by atoms with Crippen molar-refractivity contribution in [3.05, 3.63) is 64.1 Å². The van der Waals surface area contributed by atoms with Crippen LogP contribution in [0.5, 0.6) is 5.75 Å². The molecule has 0 heterocycles. The fourth-order valence-corrected chi connectivity index (χ4v) is 2.18. The van der Waals surface area contributed by atoms with Gasteiger partial charge >= 0.3 is 0 Å². The van der Waals surface area contributed by atoms with Crippen LogP contribution in [-0.4, -0.2) is 18.4 Å². The summed E-state index contributed by atoms with van der Waals surface area (Å²) in [6.45, 7) is 2.38. The lowest BCUT2D eigenvalue weighted by Gasteiger charge is -2.08. The Morgan fingerprint density at radius 3 is 2.33 bits per heavy atom. The third kappa shape index (κ3) is 6.04. The Bertz CT molecular complexity index is 684. The second-order valence-electron chi connectivity index (χ2n) is 5.27. The monoisotopic (exact) mass is 390 g/mol. The SMILES string of the molecule is Cc1ccc(C(=O)NNC(=O)CCCOc2ccc(Br)cc2)cc1. The van der Waals surface area contributed by atoms with Gasteiger partial charge in [0.1, 0.15) is 5.75 Å². The van der Waals surface area contributed by atoms with Crippen LogP contribution in [0.25, 0.3) is 0 Å². The molecule has 0 aliphatic carbocycles. The van der Waals surface area contributed by atoms with Crippen LogP contribution in [0, 0.1) is 6.92 Å². The number of hydrogen-bond acceptors (Lipinski definition) is 3. The number of amides is 2. The Morgan fingerprint density at radius 2 is 1.67 bits per heavy atom. The number of hydrazine groups is 1. The summed E-state index contributed by atoms with van der Waals surface area (Å²) in [5.41, 5.74) is 6.37. The fraction of sp³-hybridized carbons (Fsp3) is 0.222. The van der Waals surface area contributed by atoms with Crippen LogP contribution in [0.1, 0.15) is 28.8 Å². The molecule has 0 aliphatic heterocycles. The van der Waals surface area contributed by atoms with E-state index in [2.05, 4.69) is 26.8 Å². The van der Waals surface area contributed by atoms with Crippen LogP contribution in [0.3, 0.4) is 0 Å². The van der Waals surface area contributed by atoms with Crippen molar-refractivity contribution in [2.75, 3.05) is 6.61 Å². The van der Waals surface area contributed by atoms with Crippen LogP contribution in [0.4, 0.5) is 0 Å². The van der Waals surface area contributed by atoms with E-state index in [1.54, 1.807) is 12.1 Å². The van der Waals surface area contributed by atoms with Gasteiger partial charge in [-0.25, -0.2) is 0 Å². The van der Waals surface area contributed by atoms with Gasteiger partial charge in [0.15, 0.2) is 0 Å². The van der Waals surface area contributed by atoms with Crippen molar-refractivity contribution in [2.24, 2.45) is 0 Å². The minimum atomic E-state index is -0.338. The van der Waals surface area contributed by atoms with Gasteiger partial charge in [0.25, 0.3) is 5.91 Å². The van der Waals surface area contributed by atoms with Gasteiger partial charge in [0, 0.05) is 16.5 Å². The largest absolute Gasteiger partial charge is 0.494 e. The van der Waals surface area contributed by atoms with Crippen molar-refractivity contribution in [1.82, 2.24) is 10.9 Å². The zero-order valence-corrected chi connectivity index (χ0v) is 14.9. The topological polar surface area (TPSA) is 67.4 Å². The standard InChI is InChI=1S/C18H19BrN2O3/c1-13-4-6-14(7-5-13)18(23)21-20-17(22)3-2-12-24-16-10-8-15(19)9-11-16/h4-11H,2-3,12H2,1H3,(H,20,22)(H,21,23). The molecule has 6 heteroatoms. The second-order valence-corrected chi connectivity index (χ2v) is 6.19. The maximum Gasteiger partial charge on any atom is 0.269 e. The maximum absolute atomic E-state index is 11.8. The third-order valence-corrected chi connectivity index (χ3v) is 3.79. The van der Waals surface area contributed by atoms with E-state index < -0.39 is 0 Å². The van der Waals surface area contributed by atoms with E-state index in [0.29, 0.717) is 18.6 Å². The fourth-order valence-electron chi connectivity index (χ4n) is 1.92. The molecule has 24 heavy (non-hydrogen) atoms. The minimum Gasteiger partial charge on any atom is -0.494 e. The zero-order chi connectivity index (χ0) is 17.4. The molecule has 0 bridgehead atoms. The number of carbonyl (C=O) groups excluding carboxylic acids is 2. The predicted octanol–water partition coefficient (Wildman–Crippen LogP) is 3.38. The number of halogens is 1. The summed E-state index contributed by atoms with van der Waals surface area (Å²) in [7, 11) is 0. The highest BCUT2D eigenvalue weighted by molar-refractivity contribution is 9.10. The van der Waals surface area contributed by atoms with Gasteiger partial charge in [-0.05, 0) is 49.7 Å². The first-order valence-electron chi connectivity index (χ1n) is 7.59. The molecule has 0 fully saturated rings. The summed E-state index contributed by atoms with van der Waals surface area (Å²) in [4.78, 5) is 23.5. The Labute approximate surface area is 149 Å². The highest BCUT2D eigenvalue weighted by Gasteiger charge is 2.07. The molecule has 126 valence electrons. The molecule has 0 saturated carbocycles. The van der Waals surface area contributed by atoms with Crippen LogP contribution in [0.2, 0.25) is 0 Å². The van der Waals surface area contributed by atoms with E-state index in [-0.39, 0.29) is 18.2 Å². The molecule has 0 unspecified atom stereocenters. The zero-order valence-electron chi connectivity index (χ0n) is 13.3. The number of aryl methyl sites for hydroxylation is 1. The highest BCUT2D eigenvalue weighted by Crippen LogP contribution is 2.16. The third-order valence-electron chi connectivity index (χ3n) is 3.26. The quantitative estimate of drug-likeness (QED) is 0.586. The van der Waals surface area contributed by atoms with Crippen molar-refractivity contribution in [3.63, 3.8) is 0 Å². The molecule has 2 amide bonds. The summed E-state index contributed by atoms with van der Waals surface area (Å²) >= 11 is 3.35. The van der Waals surface area contributed by atoms with Crippen molar-refractivity contribution in [2.45, 2.75) is 19.8 Å². The molecule has 2 rings (SSSR count). The summed E-state index contributed by atoms with van der Waals surface area (Å²) in [5, 5.41) is 0. The van der Waals surface area contributed by atoms with Gasteiger partial charge in [-0.1, -0.05) is 33.6 Å². The van der Waals surface area contributed by atoms with Gasteiger partial charge in [-0.3, -0.25) is 20.4 Å². The number of carbonyl (C=O) groups is 2. The lowest BCUT2D eigenvalue weighted by Crippen LogP contribution is -2.41. The van der Waals surface area contributed by atoms with Crippen molar-refractivity contribution in [3.8, 4) is 5.75 Å². The Kier molecular flexibility index (Phi) is 6.81. The number of nitrogens with one attached hydrogen (secondary N) is 2. The van der Waals surface area contributed by atoms with E-state index in [1.807, 2.05) is 43.3 Å². The van der Waals surface area contributed by atoms with Crippen LogP contribution in [-0.2, 0) is 4.79 Å². The summed E-state index contributed by atoms with van der Waals surface area (Å²) in [6.07, 6.45) is 0.826. The molecule has 0 aromatic heterocycles. The lowest BCUT2D eigenvalue weighted by molar-refractivity contribution is -0.122. The van der Waals surface area contributed by atoms with E-state index in [9.17, 15) is 9.59 Å². The number of rotatable bonds is 6. The molecule has 5 nitrogen and oxygen atoms in total. The van der Waals surface area contributed by atoms with Gasteiger partial charge in [-0.2, -0.15) is 0 Å². The van der Waals surface area contributed by atoms with E-state index in [0.717, 1.165) is 15.8 Å². The average molecular weight is 391 g/mol. The molecule has 0 spiro atoms. The minimum absolute atomic E-state index is 0.255. The smallest absolute Gasteiger partial charge is 0.269 e. The summed E-state index contributed by atoms with van der Waals surface area (Å²) < 4.78 is 6.51. The van der Waals surface area contributed by atoms with Crippen molar-refractivity contribution < 1.29 is 14.3 Å². The predicted molar refractivity (Wildman–Crippen MR) is 95.7 cm³/mol. The van der Waals surface area contributed by atoms with Crippen LogP contribution >= 0.6 is 15.9 Å². The summed E-state index contributed by atoms with van der Waals surface area (Å²) in [5.74, 6) is 0.163. The van der Waals surface area contributed by atoms with Gasteiger partial charge in [-0.15, -0.1) is 0 Å². The number of ether oxygens (including phenoxy) is 1. The number of benzene rings is 2. The second kappa shape index (κ2) is 9.08. The first-order valence-corrected chi connectivity index (χ1v) is 8.38. The molecule has 0 aliphatic rings. The van der Waals surface area contributed by atoms with Crippen molar-refractivity contribution >= 4 is 27.7 Å². The van der Waals surface area contributed by atoms with Crippen molar-refractivity contribution in [1.29, 1.82) is 0 Å². The van der Waals surface area contributed by atoms with E-state index in [1.165, 1.54) is 0 Å². The van der Waals surface area contributed by atoms with Gasteiger partial charge in [0.2, 0.25) is 5.91 Å². The van der Waals surface area contributed by atoms with E-state index >= 15 is 0 Å². The first-order chi connectivity index (χ1) is 11.5. The Balaban J connectivity index is 1.63. The Hall–Kier alpha value is -2.34. The molecular formula is C18H19BrN2O3. The van der Waals surface area contributed by atoms with Crippen LogP contribution < -0.4 is 15.6 Å². The van der Waals surface area contributed by atoms with Gasteiger partial charge < -0.3 is 4.74 Å². The average Bonchev–Trinajstić information content (AvgIpc) is 2.59. The molecule has 0 radical (unpaired) electrons.